The summed E-state index contributed by atoms with van der Waals surface area (Å²) in [6.07, 6.45) is 4.90. The van der Waals surface area contributed by atoms with E-state index < -0.39 is 0 Å². The van der Waals surface area contributed by atoms with Crippen LogP contribution in [0.15, 0.2) is 54.6 Å². The second kappa shape index (κ2) is 5.58. The summed E-state index contributed by atoms with van der Waals surface area (Å²) >= 11 is 0. The Balaban J connectivity index is 1.64. The lowest BCUT2D eigenvalue weighted by Gasteiger charge is -2.12. The average molecular weight is 251 g/mol. The molecule has 1 aliphatic rings. The van der Waals surface area contributed by atoms with Gasteiger partial charge in [-0.1, -0.05) is 67.4 Å². The molecule has 2 N–H and O–H groups in total. The second-order valence-corrected chi connectivity index (χ2v) is 5.69. The molecule has 0 aromatic heterocycles. The number of benzene rings is 2. The Labute approximate surface area is 115 Å². The maximum atomic E-state index is 6.24. The molecule has 0 spiro atoms. The molecule has 0 radical (unpaired) electrons. The van der Waals surface area contributed by atoms with Crippen LogP contribution in [0.5, 0.6) is 0 Å². The minimum absolute atomic E-state index is 0.221. The summed E-state index contributed by atoms with van der Waals surface area (Å²) in [6, 6.07) is 19.6. The Hall–Kier alpha value is -1.60. The van der Waals surface area contributed by atoms with Crippen LogP contribution in [0.4, 0.5) is 0 Å². The van der Waals surface area contributed by atoms with Crippen molar-refractivity contribution in [2.75, 3.05) is 0 Å². The number of rotatable bonds is 5. The van der Waals surface area contributed by atoms with Crippen LogP contribution in [0.2, 0.25) is 0 Å². The zero-order chi connectivity index (χ0) is 13.1. The van der Waals surface area contributed by atoms with Crippen molar-refractivity contribution in [3.05, 3.63) is 71.3 Å². The highest BCUT2D eigenvalue weighted by atomic mass is 14.6. The van der Waals surface area contributed by atoms with Gasteiger partial charge in [0.05, 0.1) is 0 Å². The van der Waals surface area contributed by atoms with E-state index in [1.54, 1.807) is 0 Å². The molecule has 0 heterocycles. The van der Waals surface area contributed by atoms with Crippen molar-refractivity contribution in [3.8, 4) is 0 Å². The Morgan fingerprint density at radius 2 is 1.53 bits per heavy atom. The molecule has 98 valence electrons. The fourth-order valence-corrected chi connectivity index (χ4v) is 2.56. The van der Waals surface area contributed by atoms with Gasteiger partial charge in [0.2, 0.25) is 0 Å². The monoisotopic (exact) mass is 251 g/mol. The third kappa shape index (κ3) is 3.45. The highest BCUT2D eigenvalue weighted by molar-refractivity contribution is 5.29. The van der Waals surface area contributed by atoms with E-state index in [9.17, 15) is 0 Å². The minimum Gasteiger partial charge on any atom is -0.324 e. The van der Waals surface area contributed by atoms with E-state index in [0.29, 0.717) is 0 Å². The molecule has 1 saturated carbocycles. The molecular formula is C18H21N. The third-order valence-corrected chi connectivity index (χ3v) is 3.94. The SMILES string of the molecule is NC(CC1CC1)c1ccc(Cc2ccccc2)cc1. The Morgan fingerprint density at radius 1 is 0.895 bits per heavy atom. The van der Waals surface area contributed by atoms with Crippen LogP contribution in [-0.2, 0) is 6.42 Å². The van der Waals surface area contributed by atoms with Gasteiger partial charge in [-0.3, -0.25) is 0 Å². The molecule has 3 rings (SSSR count). The van der Waals surface area contributed by atoms with Crippen molar-refractivity contribution in [1.82, 2.24) is 0 Å². The van der Waals surface area contributed by atoms with Crippen LogP contribution >= 0.6 is 0 Å². The lowest BCUT2D eigenvalue weighted by atomic mass is 9.98. The maximum absolute atomic E-state index is 6.24. The van der Waals surface area contributed by atoms with E-state index in [-0.39, 0.29) is 6.04 Å². The minimum atomic E-state index is 0.221. The highest BCUT2D eigenvalue weighted by Gasteiger charge is 2.24. The van der Waals surface area contributed by atoms with Gasteiger partial charge in [0.1, 0.15) is 0 Å². The summed E-state index contributed by atoms with van der Waals surface area (Å²) < 4.78 is 0. The van der Waals surface area contributed by atoms with Crippen LogP contribution in [0.1, 0.15) is 42.0 Å². The fourth-order valence-electron chi connectivity index (χ4n) is 2.56. The molecule has 2 aromatic carbocycles. The largest absolute Gasteiger partial charge is 0.324 e. The zero-order valence-corrected chi connectivity index (χ0v) is 11.3. The first kappa shape index (κ1) is 12.4. The number of nitrogens with two attached hydrogens (primary N) is 1. The molecule has 0 amide bonds. The highest BCUT2D eigenvalue weighted by Crippen LogP contribution is 2.36. The van der Waals surface area contributed by atoms with Crippen molar-refractivity contribution >= 4 is 0 Å². The Kier molecular flexibility index (Phi) is 3.65. The molecule has 1 unspecified atom stereocenters. The van der Waals surface area contributed by atoms with Crippen molar-refractivity contribution in [2.45, 2.75) is 31.7 Å². The first-order valence-electron chi connectivity index (χ1n) is 7.19. The van der Waals surface area contributed by atoms with E-state index in [1.807, 2.05) is 0 Å². The Morgan fingerprint density at radius 3 is 2.16 bits per heavy atom. The predicted molar refractivity (Wildman–Crippen MR) is 80.0 cm³/mol. The topological polar surface area (TPSA) is 26.0 Å². The van der Waals surface area contributed by atoms with Gasteiger partial charge in [0, 0.05) is 6.04 Å². The number of hydrogen-bond donors (Lipinski definition) is 1. The predicted octanol–water partition coefficient (Wildman–Crippen LogP) is 4.08. The summed E-state index contributed by atoms with van der Waals surface area (Å²) in [5.74, 6) is 0.888. The molecule has 1 aliphatic carbocycles. The lowest BCUT2D eigenvalue weighted by molar-refractivity contribution is 0.597. The number of hydrogen-bond acceptors (Lipinski definition) is 1. The molecule has 1 atom stereocenters. The molecule has 0 aliphatic heterocycles. The van der Waals surface area contributed by atoms with Crippen molar-refractivity contribution in [3.63, 3.8) is 0 Å². The maximum Gasteiger partial charge on any atom is 0.0297 e. The summed E-state index contributed by atoms with van der Waals surface area (Å²) in [7, 11) is 0. The van der Waals surface area contributed by atoms with Gasteiger partial charge < -0.3 is 5.73 Å². The summed E-state index contributed by atoms with van der Waals surface area (Å²) in [5.41, 5.74) is 10.2. The first-order valence-corrected chi connectivity index (χ1v) is 7.19. The normalized spacial score (nSPS) is 16.3. The van der Waals surface area contributed by atoms with Crippen LogP contribution in [0.25, 0.3) is 0 Å². The third-order valence-electron chi connectivity index (χ3n) is 3.94. The molecule has 2 aromatic rings. The smallest absolute Gasteiger partial charge is 0.0297 e. The van der Waals surface area contributed by atoms with Gasteiger partial charge in [0.15, 0.2) is 0 Å². The summed E-state index contributed by atoms with van der Waals surface area (Å²) in [6.45, 7) is 0. The van der Waals surface area contributed by atoms with E-state index in [0.717, 1.165) is 18.8 Å². The van der Waals surface area contributed by atoms with Crippen LogP contribution in [-0.4, -0.2) is 0 Å². The summed E-state index contributed by atoms with van der Waals surface area (Å²) in [5, 5.41) is 0. The molecular weight excluding hydrogens is 230 g/mol. The molecule has 19 heavy (non-hydrogen) atoms. The van der Waals surface area contributed by atoms with E-state index in [1.165, 1.54) is 29.5 Å². The molecule has 1 heteroatoms. The first-order chi connectivity index (χ1) is 9.31. The molecule has 0 saturated heterocycles. The quantitative estimate of drug-likeness (QED) is 0.851. The summed E-state index contributed by atoms with van der Waals surface area (Å²) in [4.78, 5) is 0. The van der Waals surface area contributed by atoms with E-state index >= 15 is 0 Å². The van der Waals surface area contributed by atoms with Gasteiger partial charge in [0.25, 0.3) is 0 Å². The van der Waals surface area contributed by atoms with Gasteiger partial charge in [-0.15, -0.1) is 0 Å². The molecule has 0 bridgehead atoms. The fraction of sp³-hybridized carbons (Fsp3) is 0.333. The van der Waals surface area contributed by atoms with Crippen molar-refractivity contribution < 1.29 is 0 Å². The standard InChI is InChI=1S/C18H21N/c19-18(13-16-6-7-16)17-10-8-15(9-11-17)12-14-4-2-1-3-5-14/h1-5,8-11,16,18H,6-7,12-13,19H2. The average Bonchev–Trinajstić information content (AvgIpc) is 3.25. The van der Waals surface area contributed by atoms with Crippen molar-refractivity contribution in [2.24, 2.45) is 11.7 Å². The van der Waals surface area contributed by atoms with Crippen LogP contribution in [0, 0.1) is 5.92 Å². The lowest BCUT2D eigenvalue weighted by Crippen LogP contribution is -2.10. The molecule has 1 fully saturated rings. The Bertz CT molecular complexity index is 511. The van der Waals surface area contributed by atoms with Gasteiger partial charge in [-0.05, 0) is 35.4 Å². The van der Waals surface area contributed by atoms with Crippen LogP contribution < -0.4 is 5.73 Å². The van der Waals surface area contributed by atoms with E-state index in [2.05, 4.69) is 54.6 Å². The van der Waals surface area contributed by atoms with Crippen LogP contribution in [0.3, 0.4) is 0 Å². The molecule has 1 nitrogen and oxygen atoms in total. The zero-order valence-electron chi connectivity index (χ0n) is 11.3. The van der Waals surface area contributed by atoms with Gasteiger partial charge >= 0.3 is 0 Å². The van der Waals surface area contributed by atoms with Gasteiger partial charge in [-0.25, -0.2) is 0 Å². The van der Waals surface area contributed by atoms with Gasteiger partial charge in [-0.2, -0.15) is 0 Å². The van der Waals surface area contributed by atoms with E-state index in [4.69, 9.17) is 5.73 Å². The van der Waals surface area contributed by atoms with Crippen molar-refractivity contribution in [1.29, 1.82) is 0 Å². The second-order valence-electron chi connectivity index (χ2n) is 5.69.